The first-order valence-electron chi connectivity index (χ1n) is 5.40. The number of benzene rings is 2. The molecular formula is C14H8ClF3O. The van der Waals surface area contributed by atoms with E-state index in [1.165, 1.54) is 18.2 Å². The van der Waals surface area contributed by atoms with E-state index in [4.69, 9.17) is 11.6 Å². The van der Waals surface area contributed by atoms with Crippen molar-refractivity contribution >= 4 is 17.4 Å². The minimum Gasteiger partial charge on any atom is -0.294 e. The molecule has 0 unspecified atom stereocenters. The number of rotatable bonds is 3. The SMILES string of the molecule is O=C(Cc1cccc(Cl)c1F)c1ccc(F)cc1F. The van der Waals surface area contributed by atoms with Crippen molar-refractivity contribution in [3.05, 3.63) is 70.0 Å². The van der Waals surface area contributed by atoms with Crippen LogP contribution in [-0.2, 0) is 6.42 Å². The molecule has 5 heteroatoms. The Morgan fingerprint density at radius 1 is 1.11 bits per heavy atom. The molecule has 0 saturated carbocycles. The molecule has 0 aliphatic carbocycles. The van der Waals surface area contributed by atoms with Gasteiger partial charge in [-0.15, -0.1) is 0 Å². The van der Waals surface area contributed by atoms with Crippen LogP contribution in [0.4, 0.5) is 13.2 Å². The van der Waals surface area contributed by atoms with Gasteiger partial charge in [-0.25, -0.2) is 13.2 Å². The maximum Gasteiger partial charge on any atom is 0.170 e. The number of hydrogen-bond donors (Lipinski definition) is 0. The fraction of sp³-hybridized carbons (Fsp3) is 0.0714. The molecule has 0 bridgehead atoms. The van der Waals surface area contributed by atoms with Crippen molar-refractivity contribution in [1.29, 1.82) is 0 Å². The first kappa shape index (κ1) is 13.6. The third-order valence-electron chi connectivity index (χ3n) is 2.61. The highest BCUT2D eigenvalue weighted by molar-refractivity contribution is 6.30. The molecule has 0 amide bonds. The summed E-state index contributed by atoms with van der Waals surface area (Å²) in [5.41, 5.74) is -0.206. The zero-order valence-corrected chi connectivity index (χ0v) is 10.3. The molecule has 0 heterocycles. The van der Waals surface area contributed by atoms with Crippen LogP contribution < -0.4 is 0 Å². The van der Waals surface area contributed by atoms with Gasteiger partial charge >= 0.3 is 0 Å². The first-order chi connectivity index (χ1) is 8.99. The maximum atomic E-state index is 13.6. The molecule has 0 radical (unpaired) electrons. The van der Waals surface area contributed by atoms with Crippen LogP contribution in [0.5, 0.6) is 0 Å². The molecule has 2 rings (SSSR count). The summed E-state index contributed by atoms with van der Waals surface area (Å²) < 4.78 is 39.7. The second kappa shape index (κ2) is 5.45. The van der Waals surface area contributed by atoms with Gasteiger partial charge in [-0.3, -0.25) is 4.79 Å². The monoisotopic (exact) mass is 284 g/mol. The van der Waals surface area contributed by atoms with E-state index in [1.807, 2.05) is 0 Å². The summed E-state index contributed by atoms with van der Waals surface area (Å²) in [7, 11) is 0. The largest absolute Gasteiger partial charge is 0.294 e. The molecule has 98 valence electrons. The van der Waals surface area contributed by atoms with Gasteiger partial charge in [0, 0.05) is 12.5 Å². The maximum absolute atomic E-state index is 13.6. The van der Waals surface area contributed by atoms with Crippen LogP contribution in [0.1, 0.15) is 15.9 Å². The lowest BCUT2D eigenvalue weighted by atomic mass is 10.0. The van der Waals surface area contributed by atoms with Gasteiger partial charge in [0.2, 0.25) is 0 Å². The normalized spacial score (nSPS) is 10.5. The standard InChI is InChI=1S/C14H8ClF3O/c15-11-3-1-2-8(14(11)18)6-13(19)10-5-4-9(16)7-12(10)17/h1-5,7H,6H2. The van der Waals surface area contributed by atoms with Crippen LogP contribution in [0, 0.1) is 17.5 Å². The Balaban J connectivity index is 2.28. The van der Waals surface area contributed by atoms with Crippen molar-refractivity contribution in [1.82, 2.24) is 0 Å². The van der Waals surface area contributed by atoms with Gasteiger partial charge in [-0.1, -0.05) is 23.7 Å². The van der Waals surface area contributed by atoms with Crippen molar-refractivity contribution in [2.75, 3.05) is 0 Å². The van der Waals surface area contributed by atoms with E-state index in [1.54, 1.807) is 0 Å². The Morgan fingerprint density at radius 3 is 2.53 bits per heavy atom. The van der Waals surface area contributed by atoms with Gasteiger partial charge < -0.3 is 0 Å². The Bertz CT molecular complexity index is 641. The van der Waals surface area contributed by atoms with Crippen LogP contribution in [-0.4, -0.2) is 5.78 Å². The van der Waals surface area contributed by atoms with Gasteiger partial charge in [-0.2, -0.15) is 0 Å². The van der Waals surface area contributed by atoms with Crippen LogP contribution in [0.2, 0.25) is 5.02 Å². The quantitative estimate of drug-likeness (QED) is 0.773. The van der Waals surface area contributed by atoms with Crippen molar-refractivity contribution in [3.8, 4) is 0 Å². The van der Waals surface area contributed by atoms with E-state index in [-0.39, 0.29) is 22.6 Å². The van der Waals surface area contributed by atoms with Crippen LogP contribution in [0.3, 0.4) is 0 Å². The van der Waals surface area contributed by atoms with Crippen molar-refractivity contribution < 1.29 is 18.0 Å². The third-order valence-corrected chi connectivity index (χ3v) is 2.91. The molecule has 0 N–H and O–H groups in total. The lowest BCUT2D eigenvalue weighted by Gasteiger charge is -2.05. The van der Waals surface area contributed by atoms with E-state index in [0.29, 0.717) is 6.07 Å². The summed E-state index contributed by atoms with van der Waals surface area (Å²) >= 11 is 5.59. The average molecular weight is 285 g/mol. The number of carbonyl (C=O) groups excluding carboxylic acids is 1. The van der Waals surface area contributed by atoms with Crippen LogP contribution in [0.15, 0.2) is 36.4 Å². The zero-order valence-electron chi connectivity index (χ0n) is 9.59. The summed E-state index contributed by atoms with van der Waals surface area (Å²) in [5.74, 6) is -3.09. The predicted octanol–water partition coefficient (Wildman–Crippen LogP) is 4.18. The van der Waals surface area contributed by atoms with Crippen LogP contribution in [0.25, 0.3) is 0 Å². The Labute approximate surface area is 112 Å². The summed E-state index contributed by atoms with van der Waals surface area (Å²) in [4.78, 5) is 11.8. The summed E-state index contributed by atoms with van der Waals surface area (Å²) in [6, 6.07) is 6.86. The smallest absolute Gasteiger partial charge is 0.170 e. The fourth-order valence-electron chi connectivity index (χ4n) is 1.67. The van der Waals surface area contributed by atoms with Crippen LogP contribution >= 0.6 is 11.6 Å². The number of ketones is 1. The van der Waals surface area contributed by atoms with Gasteiger partial charge in [-0.05, 0) is 23.8 Å². The molecular weight excluding hydrogens is 277 g/mol. The number of halogens is 4. The Hall–Kier alpha value is -1.81. The minimum atomic E-state index is -0.965. The highest BCUT2D eigenvalue weighted by Crippen LogP contribution is 2.20. The summed E-state index contributed by atoms with van der Waals surface area (Å²) in [6.07, 6.45) is -0.338. The van der Waals surface area contributed by atoms with E-state index in [2.05, 4.69) is 0 Å². The topological polar surface area (TPSA) is 17.1 Å². The second-order valence-corrected chi connectivity index (χ2v) is 4.34. The minimum absolute atomic E-state index is 0.0706. The van der Waals surface area contributed by atoms with Gasteiger partial charge in [0.15, 0.2) is 5.78 Å². The Kier molecular flexibility index (Phi) is 3.90. The molecule has 0 spiro atoms. The van der Waals surface area contributed by atoms with Crippen molar-refractivity contribution in [3.63, 3.8) is 0 Å². The fourth-order valence-corrected chi connectivity index (χ4v) is 1.86. The summed E-state index contributed by atoms with van der Waals surface area (Å²) in [6.45, 7) is 0. The number of hydrogen-bond acceptors (Lipinski definition) is 1. The second-order valence-electron chi connectivity index (χ2n) is 3.94. The number of Topliss-reactive ketones (excluding diaryl/α,β-unsaturated/α-hetero) is 1. The molecule has 0 atom stereocenters. The van der Waals surface area contributed by atoms with Gasteiger partial charge in [0.25, 0.3) is 0 Å². The molecule has 2 aromatic rings. The lowest BCUT2D eigenvalue weighted by molar-refractivity contribution is 0.0988. The molecule has 2 aromatic carbocycles. The van der Waals surface area contributed by atoms with E-state index in [0.717, 1.165) is 12.1 Å². The zero-order chi connectivity index (χ0) is 14.0. The predicted molar refractivity (Wildman–Crippen MR) is 65.8 cm³/mol. The van der Waals surface area contributed by atoms with Gasteiger partial charge in [0.1, 0.15) is 17.5 Å². The van der Waals surface area contributed by atoms with Gasteiger partial charge in [0.05, 0.1) is 10.6 Å². The highest BCUT2D eigenvalue weighted by atomic mass is 35.5. The molecule has 19 heavy (non-hydrogen) atoms. The molecule has 0 aliphatic heterocycles. The molecule has 0 aliphatic rings. The highest BCUT2D eigenvalue weighted by Gasteiger charge is 2.16. The van der Waals surface area contributed by atoms with E-state index >= 15 is 0 Å². The molecule has 1 nitrogen and oxygen atoms in total. The van der Waals surface area contributed by atoms with Crippen molar-refractivity contribution in [2.45, 2.75) is 6.42 Å². The molecule has 0 saturated heterocycles. The number of carbonyl (C=O) groups is 1. The molecule has 0 fully saturated rings. The Morgan fingerprint density at radius 2 is 1.84 bits per heavy atom. The lowest BCUT2D eigenvalue weighted by Crippen LogP contribution is -2.08. The van der Waals surface area contributed by atoms with E-state index in [9.17, 15) is 18.0 Å². The average Bonchev–Trinajstić information content (AvgIpc) is 2.34. The summed E-state index contributed by atoms with van der Waals surface area (Å²) in [5, 5.41) is -0.107. The molecule has 0 aromatic heterocycles. The van der Waals surface area contributed by atoms with Crippen molar-refractivity contribution in [2.24, 2.45) is 0 Å². The van der Waals surface area contributed by atoms with E-state index < -0.39 is 23.2 Å². The first-order valence-corrected chi connectivity index (χ1v) is 5.78. The third kappa shape index (κ3) is 2.96.